The maximum Gasteiger partial charge on any atom is 0.511 e. The van der Waals surface area contributed by atoms with Crippen molar-refractivity contribution in [3.05, 3.63) is 0 Å². The van der Waals surface area contributed by atoms with Gasteiger partial charge < -0.3 is 10.6 Å². The van der Waals surface area contributed by atoms with Crippen LogP contribution in [0.25, 0.3) is 0 Å². The predicted octanol–water partition coefficient (Wildman–Crippen LogP) is 2.93. The van der Waals surface area contributed by atoms with E-state index >= 15 is 0 Å². The van der Waals surface area contributed by atoms with Gasteiger partial charge in [-0.25, -0.2) is 8.42 Å². The molecular formula is C18H33F3N4O2S. The summed E-state index contributed by atoms with van der Waals surface area (Å²) in [4.78, 5) is 4.62. The number of alkyl halides is 3. The van der Waals surface area contributed by atoms with Gasteiger partial charge in [0.05, 0.1) is 0 Å². The molecule has 10 heteroatoms. The number of halogens is 3. The lowest BCUT2D eigenvalue weighted by molar-refractivity contribution is -0.0496. The van der Waals surface area contributed by atoms with Crippen LogP contribution in [0.4, 0.5) is 13.2 Å². The van der Waals surface area contributed by atoms with Crippen LogP contribution >= 0.6 is 0 Å². The van der Waals surface area contributed by atoms with Crippen molar-refractivity contribution in [2.45, 2.75) is 64.4 Å². The minimum atomic E-state index is -5.23. The Balaban J connectivity index is 1.88. The molecule has 164 valence electrons. The summed E-state index contributed by atoms with van der Waals surface area (Å²) in [6.07, 6.45) is 4.21. The number of aliphatic imine (C=N–C) groups is 1. The van der Waals surface area contributed by atoms with Crippen LogP contribution in [0.3, 0.4) is 0 Å². The summed E-state index contributed by atoms with van der Waals surface area (Å²) in [5, 5.41) is 6.73. The molecule has 2 aliphatic rings. The first kappa shape index (κ1) is 23.3. The average molecular weight is 427 g/mol. The van der Waals surface area contributed by atoms with Crippen molar-refractivity contribution >= 4 is 16.0 Å². The second-order valence-electron chi connectivity index (χ2n) is 8.27. The zero-order chi connectivity index (χ0) is 20.9. The van der Waals surface area contributed by atoms with Gasteiger partial charge in [0.15, 0.2) is 5.96 Å². The molecule has 0 bridgehead atoms. The highest BCUT2D eigenvalue weighted by atomic mass is 32.2. The molecule has 0 aromatic rings. The number of guanidine groups is 1. The lowest BCUT2D eigenvalue weighted by atomic mass is 9.80. The van der Waals surface area contributed by atoms with Crippen LogP contribution in [0.1, 0.15) is 52.9 Å². The lowest BCUT2D eigenvalue weighted by Gasteiger charge is -2.33. The number of piperidine rings is 1. The predicted molar refractivity (Wildman–Crippen MR) is 104 cm³/mol. The average Bonchev–Trinajstić information content (AvgIpc) is 2.58. The van der Waals surface area contributed by atoms with Gasteiger partial charge in [0, 0.05) is 32.2 Å². The smallest absolute Gasteiger partial charge is 0.357 e. The Morgan fingerprint density at radius 2 is 1.68 bits per heavy atom. The molecule has 0 radical (unpaired) electrons. The Morgan fingerprint density at radius 3 is 2.18 bits per heavy atom. The minimum absolute atomic E-state index is 0.0827. The van der Waals surface area contributed by atoms with E-state index in [0.717, 1.165) is 25.3 Å². The summed E-state index contributed by atoms with van der Waals surface area (Å²) in [5.74, 6) is 2.16. The van der Waals surface area contributed by atoms with Crippen LogP contribution < -0.4 is 10.6 Å². The molecule has 0 amide bonds. The van der Waals surface area contributed by atoms with E-state index in [-0.39, 0.29) is 19.0 Å². The minimum Gasteiger partial charge on any atom is -0.357 e. The molecule has 2 N–H and O–H groups in total. The monoisotopic (exact) mass is 426 g/mol. The highest BCUT2D eigenvalue weighted by molar-refractivity contribution is 7.90. The van der Waals surface area contributed by atoms with E-state index in [2.05, 4.69) is 29.5 Å². The van der Waals surface area contributed by atoms with Crippen molar-refractivity contribution in [2.24, 2.45) is 22.7 Å². The molecule has 6 nitrogen and oxygen atoms in total. The molecular weight excluding hydrogens is 393 g/mol. The van der Waals surface area contributed by atoms with Crippen molar-refractivity contribution in [1.29, 1.82) is 0 Å². The zero-order valence-corrected chi connectivity index (χ0v) is 17.7. The summed E-state index contributed by atoms with van der Waals surface area (Å²) in [7, 11) is -5.22. The summed E-state index contributed by atoms with van der Waals surface area (Å²) in [6, 6.07) is 0.371. The van der Waals surface area contributed by atoms with Gasteiger partial charge in [-0.15, -0.1) is 0 Å². The third-order valence-electron chi connectivity index (χ3n) is 5.58. The van der Waals surface area contributed by atoms with Gasteiger partial charge in [0.1, 0.15) is 0 Å². The Hall–Kier alpha value is -1.03. The Kier molecular flexibility index (Phi) is 8.01. The molecule has 1 aliphatic carbocycles. The molecule has 0 spiro atoms. The number of hydrogen-bond donors (Lipinski definition) is 2. The fraction of sp³-hybridized carbons (Fsp3) is 0.944. The van der Waals surface area contributed by atoms with Gasteiger partial charge in [0.25, 0.3) is 0 Å². The number of nitrogens with zero attached hydrogens (tertiary/aromatic N) is 2. The van der Waals surface area contributed by atoms with Gasteiger partial charge in [-0.3, -0.25) is 4.99 Å². The van der Waals surface area contributed by atoms with E-state index in [1.807, 2.05) is 6.92 Å². The first-order valence-corrected chi connectivity index (χ1v) is 11.6. The van der Waals surface area contributed by atoms with E-state index in [0.29, 0.717) is 41.6 Å². The molecule has 2 fully saturated rings. The van der Waals surface area contributed by atoms with Crippen molar-refractivity contribution < 1.29 is 21.6 Å². The van der Waals surface area contributed by atoms with Crippen LogP contribution in [-0.2, 0) is 10.0 Å². The van der Waals surface area contributed by atoms with Crippen molar-refractivity contribution in [2.75, 3.05) is 26.2 Å². The first-order valence-electron chi connectivity index (χ1n) is 10.1. The maximum atomic E-state index is 12.7. The largest absolute Gasteiger partial charge is 0.511 e. The maximum absolute atomic E-state index is 12.7. The molecule has 28 heavy (non-hydrogen) atoms. The number of nitrogens with one attached hydrogen (secondary N) is 2. The van der Waals surface area contributed by atoms with E-state index < -0.39 is 15.5 Å². The topological polar surface area (TPSA) is 73.8 Å². The van der Waals surface area contributed by atoms with Crippen molar-refractivity contribution in [3.63, 3.8) is 0 Å². The highest BCUT2D eigenvalue weighted by Gasteiger charge is 2.50. The summed E-state index contributed by atoms with van der Waals surface area (Å²) >= 11 is 0. The van der Waals surface area contributed by atoms with Crippen LogP contribution in [0.5, 0.6) is 0 Å². The fourth-order valence-electron chi connectivity index (χ4n) is 4.28. The van der Waals surface area contributed by atoms with Gasteiger partial charge in [-0.2, -0.15) is 17.5 Å². The summed E-state index contributed by atoms with van der Waals surface area (Å²) in [5.41, 5.74) is -5.23. The summed E-state index contributed by atoms with van der Waals surface area (Å²) in [6.45, 7) is 7.50. The molecule has 1 aliphatic heterocycles. The van der Waals surface area contributed by atoms with Gasteiger partial charge in [0.2, 0.25) is 0 Å². The summed E-state index contributed by atoms with van der Waals surface area (Å²) < 4.78 is 61.5. The Bertz CT molecular complexity index is 621. The molecule has 2 rings (SSSR count). The van der Waals surface area contributed by atoms with E-state index in [1.165, 1.54) is 6.42 Å². The highest BCUT2D eigenvalue weighted by Crippen LogP contribution is 2.30. The second-order valence-corrected chi connectivity index (χ2v) is 10.2. The molecule has 0 aromatic carbocycles. The molecule has 2 unspecified atom stereocenters. The number of sulfonamides is 1. The van der Waals surface area contributed by atoms with Crippen LogP contribution in [0.2, 0.25) is 0 Å². The quantitative estimate of drug-likeness (QED) is 0.524. The normalized spacial score (nSPS) is 28.9. The molecule has 0 aromatic heterocycles. The molecule has 1 saturated carbocycles. The standard InChI is InChI=1S/C18H33F3N4O2S/c1-4-22-17(24-16-10-13(2)9-14(3)11-16)23-12-15-5-7-25(8-6-15)28(26,27)18(19,20)21/h13-16H,4-12H2,1-3H3,(H2,22,23,24). The second kappa shape index (κ2) is 9.65. The van der Waals surface area contributed by atoms with E-state index in [9.17, 15) is 21.6 Å². The third kappa shape index (κ3) is 6.23. The Morgan fingerprint density at radius 1 is 1.11 bits per heavy atom. The van der Waals surface area contributed by atoms with Crippen LogP contribution in [0.15, 0.2) is 4.99 Å². The van der Waals surface area contributed by atoms with E-state index in [4.69, 9.17) is 0 Å². The van der Waals surface area contributed by atoms with Crippen LogP contribution in [-0.4, -0.2) is 56.4 Å². The van der Waals surface area contributed by atoms with E-state index in [1.54, 1.807) is 0 Å². The molecule has 2 atom stereocenters. The van der Waals surface area contributed by atoms with Gasteiger partial charge >= 0.3 is 15.5 Å². The number of rotatable bonds is 5. The molecule has 1 heterocycles. The van der Waals surface area contributed by atoms with Crippen molar-refractivity contribution in [1.82, 2.24) is 14.9 Å². The lowest BCUT2D eigenvalue weighted by Crippen LogP contribution is -2.47. The van der Waals surface area contributed by atoms with Crippen molar-refractivity contribution in [3.8, 4) is 0 Å². The third-order valence-corrected chi connectivity index (χ3v) is 7.21. The zero-order valence-electron chi connectivity index (χ0n) is 16.9. The SMILES string of the molecule is CCNC(=NCC1CCN(S(=O)(=O)C(F)(F)F)CC1)NC1CC(C)CC(C)C1. The Labute approximate surface area is 166 Å². The van der Waals surface area contributed by atoms with Crippen LogP contribution in [0, 0.1) is 17.8 Å². The molecule has 1 saturated heterocycles. The first-order chi connectivity index (χ1) is 13.0. The fourth-order valence-corrected chi connectivity index (χ4v) is 5.26. The number of hydrogen-bond acceptors (Lipinski definition) is 3. The van der Waals surface area contributed by atoms with Gasteiger partial charge in [-0.05, 0) is 56.8 Å². The van der Waals surface area contributed by atoms with Gasteiger partial charge in [-0.1, -0.05) is 13.8 Å².